The van der Waals surface area contributed by atoms with Crippen LogP contribution in [0.3, 0.4) is 0 Å². The molecule has 0 N–H and O–H groups in total. The second-order valence-electron chi connectivity index (χ2n) is 7.45. The van der Waals surface area contributed by atoms with Crippen molar-refractivity contribution in [2.24, 2.45) is 0 Å². The predicted octanol–water partition coefficient (Wildman–Crippen LogP) is 3.95. The molecule has 1 fully saturated rings. The maximum Gasteiger partial charge on any atom is 0.269 e. The molecule has 31 heavy (non-hydrogen) atoms. The Morgan fingerprint density at radius 2 is 1.94 bits per heavy atom. The molecular weight excluding hydrogens is 396 g/mol. The number of methoxy groups -OCH3 is 1. The summed E-state index contributed by atoms with van der Waals surface area (Å²) < 4.78 is 13.2. The molecular formula is C23H24N4O4. The van der Waals surface area contributed by atoms with Gasteiger partial charge in [-0.15, -0.1) is 0 Å². The van der Waals surface area contributed by atoms with Crippen LogP contribution in [0.15, 0.2) is 36.4 Å². The first kappa shape index (κ1) is 20.8. The number of ether oxygens (including phenoxy) is 2. The quantitative estimate of drug-likeness (QED) is 0.443. The average Bonchev–Trinajstić information content (AvgIpc) is 3.11. The second kappa shape index (κ2) is 8.76. The predicted molar refractivity (Wildman–Crippen MR) is 117 cm³/mol. The zero-order valence-corrected chi connectivity index (χ0v) is 17.6. The third-order valence-corrected chi connectivity index (χ3v) is 5.74. The Morgan fingerprint density at radius 3 is 2.52 bits per heavy atom. The van der Waals surface area contributed by atoms with Gasteiger partial charge < -0.3 is 14.0 Å². The summed E-state index contributed by atoms with van der Waals surface area (Å²) in [6.07, 6.45) is 0. The summed E-state index contributed by atoms with van der Waals surface area (Å²) in [6, 6.07) is 12.7. The first-order chi connectivity index (χ1) is 15.1. The van der Waals surface area contributed by atoms with Gasteiger partial charge in [0.15, 0.2) is 0 Å². The van der Waals surface area contributed by atoms with E-state index in [2.05, 4.69) is 15.5 Å². The fourth-order valence-electron chi connectivity index (χ4n) is 4.22. The molecule has 0 unspecified atom stereocenters. The van der Waals surface area contributed by atoms with E-state index in [1.165, 1.54) is 12.1 Å². The molecule has 8 nitrogen and oxygen atoms in total. The van der Waals surface area contributed by atoms with E-state index in [-0.39, 0.29) is 5.69 Å². The molecule has 0 amide bonds. The minimum absolute atomic E-state index is 0.0240. The second-order valence-corrected chi connectivity index (χ2v) is 7.45. The van der Waals surface area contributed by atoms with Crippen LogP contribution in [-0.4, -0.2) is 47.8 Å². The smallest absolute Gasteiger partial charge is 0.269 e. The molecule has 3 aromatic rings. The fourth-order valence-corrected chi connectivity index (χ4v) is 4.22. The van der Waals surface area contributed by atoms with Crippen LogP contribution in [0.4, 0.5) is 5.69 Å². The van der Waals surface area contributed by atoms with Gasteiger partial charge in [-0.25, -0.2) is 0 Å². The van der Waals surface area contributed by atoms with E-state index < -0.39 is 4.92 Å². The van der Waals surface area contributed by atoms with Crippen LogP contribution in [0.5, 0.6) is 5.75 Å². The van der Waals surface area contributed by atoms with Gasteiger partial charge in [-0.3, -0.25) is 15.0 Å². The van der Waals surface area contributed by atoms with Crippen LogP contribution in [0, 0.1) is 21.4 Å². The first-order valence-corrected chi connectivity index (χ1v) is 10.3. The van der Waals surface area contributed by atoms with Crippen molar-refractivity contribution in [3.63, 3.8) is 0 Å². The van der Waals surface area contributed by atoms with Gasteiger partial charge in [-0.05, 0) is 25.1 Å². The van der Waals surface area contributed by atoms with E-state index in [0.29, 0.717) is 25.3 Å². The van der Waals surface area contributed by atoms with Crippen molar-refractivity contribution < 1.29 is 14.4 Å². The maximum absolute atomic E-state index is 11.0. The Morgan fingerprint density at radius 1 is 1.23 bits per heavy atom. The van der Waals surface area contributed by atoms with Crippen molar-refractivity contribution in [2.75, 3.05) is 33.4 Å². The third kappa shape index (κ3) is 3.85. The van der Waals surface area contributed by atoms with E-state index in [4.69, 9.17) is 9.47 Å². The zero-order valence-electron chi connectivity index (χ0n) is 17.6. The van der Waals surface area contributed by atoms with Crippen molar-refractivity contribution >= 4 is 16.6 Å². The van der Waals surface area contributed by atoms with Gasteiger partial charge >= 0.3 is 0 Å². The van der Waals surface area contributed by atoms with Crippen LogP contribution in [-0.2, 0) is 17.8 Å². The number of nitriles is 1. The summed E-state index contributed by atoms with van der Waals surface area (Å²) in [6.45, 7) is 6.53. The van der Waals surface area contributed by atoms with Gasteiger partial charge in [0.05, 0.1) is 42.0 Å². The fraction of sp³-hybridized carbons (Fsp3) is 0.348. The molecule has 0 spiro atoms. The molecule has 0 saturated carbocycles. The summed E-state index contributed by atoms with van der Waals surface area (Å²) >= 11 is 0. The number of fused-ring (bicyclic) bond motifs is 1. The van der Waals surface area contributed by atoms with Crippen LogP contribution < -0.4 is 4.74 Å². The standard InChI is InChI=1S/C23H24N4O4/c1-3-26-21-13-22(30-2)17(15-25-8-10-31-11-9-25)12-19(21)20(14-24)23(26)16-4-6-18(7-5-16)27(28)29/h4-7,12-13H,3,8-11,15H2,1-2H3. The highest BCUT2D eigenvalue weighted by atomic mass is 16.6. The monoisotopic (exact) mass is 420 g/mol. The summed E-state index contributed by atoms with van der Waals surface area (Å²) in [5, 5.41) is 21.9. The molecule has 4 rings (SSSR count). The topological polar surface area (TPSA) is 93.6 Å². The van der Waals surface area contributed by atoms with Gasteiger partial charge in [-0.2, -0.15) is 5.26 Å². The van der Waals surface area contributed by atoms with Crippen molar-refractivity contribution in [1.29, 1.82) is 5.26 Å². The molecule has 1 saturated heterocycles. The number of benzene rings is 2. The first-order valence-electron chi connectivity index (χ1n) is 10.3. The van der Waals surface area contributed by atoms with Crippen molar-refractivity contribution in [3.05, 3.63) is 57.6 Å². The molecule has 0 atom stereocenters. The lowest BCUT2D eigenvalue weighted by molar-refractivity contribution is -0.384. The molecule has 2 heterocycles. The van der Waals surface area contributed by atoms with Crippen molar-refractivity contribution in [3.8, 4) is 23.1 Å². The number of non-ortho nitro benzene ring substituents is 1. The Balaban J connectivity index is 1.87. The molecule has 8 heteroatoms. The summed E-state index contributed by atoms with van der Waals surface area (Å²) in [5.41, 5.74) is 4.06. The minimum Gasteiger partial charge on any atom is -0.496 e. The van der Waals surface area contributed by atoms with Crippen LogP contribution in [0.25, 0.3) is 22.2 Å². The van der Waals surface area contributed by atoms with Crippen molar-refractivity contribution in [2.45, 2.75) is 20.0 Å². The SMILES string of the molecule is CCn1c(-c2ccc([N+](=O)[O-])cc2)c(C#N)c2cc(CN3CCOCC3)c(OC)cc21. The van der Waals surface area contributed by atoms with Gasteiger partial charge in [0.1, 0.15) is 11.8 Å². The third-order valence-electron chi connectivity index (χ3n) is 5.74. The summed E-state index contributed by atoms with van der Waals surface area (Å²) in [5.74, 6) is 0.783. The molecule has 0 aliphatic carbocycles. The van der Waals surface area contributed by atoms with Crippen LogP contribution in [0.1, 0.15) is 18.1 Å². The Labute approximate surface area is 180 Å². The Kier molecular flexibility index (Phi) is 5.89. The van der Waals surface area contributed by atoms with E-state index in [0.717, 1.165) is 53.1 Å². The number of hydrogen-bond acceptors (Lipinski definition) is 6. The number of rotatable bonds is 6. The van der Waals surface area contributed by atoms with Gasteiger partial charge in [0.25, 0.3) is 5.69 Å². The lowest BCUT2D eigenvalue weighted by atomic mass is 10.0. The molecule has 1 aromatic heterocycles. The highest BCUT2D eigenvalue weighted by Crippen LogP contribution is 2.37. The number of hydrogen-bond donors (Lipinski definition) is 0. The molecule has 1 aliphatic heterocycles. The van der Waals surface area contributed by atoms with E-state index in [1.54, 1.807) is 19.2 Å². The molecule has 160 valence electrons. The Hall–Kier alpha value is -3.41. The lowest BCUT2D eigenvalue weighted by Crippen LogP contribution is -2.35. The zero-order chi connectivity index (χ0) is 22.0. The van der Waals surface area contributed by atoms with Gasteiger partial charge in [-0.1, -0.05) is 0 Å². The number of nitro groups is 1. The van der Waals surface area contributed by atoms with Crippen LogP contribution in [0.2, 0.25) is 0 Å². The normalized spacial score (nSPS) is 14.5. The number of aromatic nitrogens is 1. The van der Waals surface area contributed by atoms with Gasteiger partial charge in [0, 0.05) is 60.9 Å². The largest absolute Gasteiger partial charge is 0.496 e. The average molecular weight is 420 g/mol. The van der Waals surface area contributed by atoms with E-state index in [9.17, 15) is 15.4 Å². The number of aryl methyl sites for hydroxylation is 1. The number of nitro benzene ring substituents is 1. The lowest BCUT2D eigenvalue weighted by Gasteiger charge is -2.27. The summed E-state index contributed by atoms with van der Waals surface area (Å²) in [4.78, 5) is 12.9. The van der Waals surface area contributed by atoms with E-state index >= 15 is 0 Å². The van der Waals surface area contributed by atoms with Gasteiger partial charge in [0.2, 0.25) is 0 Å². The maximum atomic E-state index is 11.0. The number of morpholine rings is 1. The summed E-state index contributed by atoms with van der Waals surface area (Å²) in [7, 11) is 1.66. The molecule has 0 bridgehead atoms. The van der Waals surface area contributed by atoms with E-state index in [1.807, 2.05) is 19.1 Å². The minimum atomic E-state index is -0.423. The Bertz CT molecular complexity index is 1160. The number of nitrogens with zero attached hydrogens (tertiary/aromatic N) is 4. The van der Waals surface area contributed by atoms with Crippen LogP contribution >= 0.6 is 0 Å². The molecule has 1 aliphatic rings. The highest BCUT2D eigenvalue weighted by molar-refractivity contribution is 5.96. The van der Waals surface area contributed by atoms with Crippen molar-refractivity contribution in [1.82, 2.24) is 9.47 Å². The molecule has 2 aromatic carbocycles. The highest BCUT2D eigenvalue weighted by Gasteiger charge is 2.22. The molecule has 0 radical (unpaired) electrons.